The molecule has 0 atom stereocenters. The SMILES string of the molecule is COc1ccc(-c2nc3sc(=Cc4cn(-c5ccccc5)nc4-c4ccc(OCCC(C)C)c(C)c4)c(=O)n3n2)cc1. The van der Waals surface area contributed by atoms with Gasteiger partial charge in [0.2, 0.25) is 4.96 Å². The maximum atomic E-state index is 13.4. The van der Waals surface area contributed by atoms with Gasteiger partial charge in [-0.25, -0.2) is 4.68 Å². The van der Waals surface area contributed by atoms with E-state index in [0.29, 0.717) is 27.8 Å². The van der Waals surface area contributed by atoms with Gasteiger partial charge in [0.25, 0.3) is 5.56 Å². The number of ether oxygens (including phenoxy) is 2. The zero-order valence-electron chi connectivity index (χ0n) is 23.9. The number of aromatic nitrogens is 5. The van der Waals surface area contributed by atoms with Crippen LogP contribution >= 0.6 is 11.3 Å². The molecule has 0 aliphatic heterocycles. The molecule has 0 radical (unpaired) electrons. The summed E-state index contributed by atoms with van der Waals surface area (Å²) in [7, 11) is 1.62. The van der Waals surface area contributed by atoms with Crippen LogP contribution in [-0.4, -0.2) is 38.1 Å². The lowest BCUT2D eigenvalue weighted by molar-refractivity contribution is 0.288. The molecule has 0 aliphatic carbocycles. The number of hydrogen-bond donors (Lipinski definition) is 0. The van der Waals surface area contributed by atoms with Crippen LogP contribution in [0.25, 0.3) is 39.4 Å². The zero-order chi connectivity index (χ0) is 29.2. The molecule has 3 aromatic carbocycles. The fourth-order valence-electron chi connectivity index (χ4n) is 4.63. The molecular weight excluding hydrogens is 546 g/mol. The lowest BCUT2D eigenvalue weighted by atomic mass is 10.0. The Balaban J connectivity index is 1.39. The molecule has 0 bridgehead atoms. The van der Waals surface area contributed by atoms with Crippen LogP contribution in [0.2, 0.25) is 0 Å². The molecule has 3 aromatic heterocycles. The average molecular weight is 578 g/mol. The van der Waals surface area contributed by atoms with Crippen molar-refractivity contribution in [3.63, 3.8) is 0 Å². The highest BCUT2D eigenvalue weighted by Crippen LogP contribution is 2.29. The lowest BCUT2D eigenvalue weighted by Gasteiger charge is -2.11. The summed E-state index contributed by atoms with van der Waals surface area (Å²) in [5, 5.41) is 9.44. The molecule has 0 unspecified atom stereocenters. The molecule has 9 heteroatoms. The molecule has 0 fully saturated rings. The number of aryl methyl sites for hydroxylation is 1. The predicted octanol–water partition coefficient (Wildman–Crippen LogP) is 5.96. The molecule has 0 N–H and O–H groups in total. The van der Waals surface area contributed by atoms with Gasteiger partial charge in [-0.1, -0.05) is 43.4 Å². The third-order valence-electron chi connectivity index (χ3n) is 6.98. The Labute approximate surface area is 247 Å². The van der Waals surface area contributed by atoms with Gasteiger partial charge in [-0.3, -0.25) is 4.79 Å². The minimum Gasteiger partial charge on any atom is -0.497 e. The Morgan fingerprint density at radius 1 is 0.976 bits per heavy atom. The molecule has 0 spiro atoms. The number of nitrogens with zero attached hydrogens (tertiary/aromatic N) is 5. The molecule has 0 saturated heterocycles. The van der Waals surface area contributed by atoms with Crippen LogP contribution < -0.4 is 19.6 Å². The summed E-state index contributed by atoms with van der Waals surface area (Å²) in [5.74, 6) is 2.69. The van der Waals surface area contributed by atoms with Gasteiger partial charge < -0.3 is 9.47 Å². The quantitative estimate of drug-likeness (QED) is 0.211. The van der Waals surface area contributed by atoms with Crippen molar-refractivity contribution in [3.05, 3.63) is 105 Å². The summed E-state index contributed by atoms with van der Waals surface area (Å²) < 4.78 is 15.0. The molecule has 0 aliphatic rings. The molecule has 8 nitrogen and oxygen atoms in total. The van der Waals surface area contributed by atoms with Gasteiger partial charge in [0.15, 0.2) is 5.82 Å². The molecule has 42 heavy (non-hydrogen) atoms. The molecule has 0 amide bonds. The van der Waals surface area contributed by atoms with E-state index in [1.807, 2.05) is 90.6 Å². The fraction of sp³-hybridized carbons (Fsp3) is 0.212. The first-order chi connectivity index (χ1) is 20.4. The normalized spacial score (nSPS) is 12.0. The van der Waals surface area contributed by atoms with Gasteiger partial charge in [-0.2, -0.15) is 14.6 Å². The van der Waals surface area contributed by atoms with Gasteiger partial charge in [0.05, 0.1) is 23.9 Å². The van der Waals surface area contributed by atoms with E-state index >= 15 is 0 Å². The number of fused-ring (bicyclic) bond motifs is 1. The monoisotopic (exact) mass is 577 g/mol. The van der Waals surface area contributed by atoms with Crippen LogP contribution in [0, 0.1) is 12.8 Å². The maximum absolute atomic E-state index is 13.4. The first-order valence-electron chi connectivity index (χ1n) is 13.8. The second-order valence-corrected chi connectivity index (χ2v) is 11.5. The molecule has 0 saturated carbocycles. The van der Waals surface area contributed by atoms with E-state index in [-0.39, 0.29) is 5.56 Å². The van der Waals surface area contributed by atoms with Crippen molar-refractivity contribution < 1.29 is 9.47 Å². The minimum absolute atomic E-state index is 0.217. The zero-order valence-corrected chi connectivity index (χ0v) is 24.8. The van der Waals surface area contributed by atoms with Crippen molar-refractivity contribution in [2.45, 2.75) is 27.2 Å². The van der Waals surface area contributed by atoms with Crippen LogP contribution in [-0.2, 0) is 0 Å². The van der Waals surface area contributed by atoms with Gasteiger partial charge >= 0.3 is 0 Å². The number of rotatable bonds is 9. The fourth-order valence-corrected chi connectivity index (χ4v) is 5.53. The number of thiazole rings is 1. The summed E-state index contributed by atoms with van der Waals surface area (Å²) in [6.45, 7) is 7.10. The highest BCUT2D eigenvalue weighted by molar-refractivity contribution is 7.15. The minimum atomic E-state index is -0.217. The number of para-hydroxylation sites is 1. The summed E-state index contributed by atoms with van der Waals surface area (Å²) >= 11 is 1.31. The van der Waals surface area contributed by atoms with Gasteiger partial charge in [0.1, 0.15) is 17.2 Å². The van der Waals surface area contributed by atoms with E-state index in [4.69, 9.17) is 14.6 Å². The Hall–Kier alpha value is -4.76. The van der Waals surface area contributed by atoms with E-state index in [1.54, 1.807) is 7.11 Å². The number of benzene rings is 3. The lowest BCUT2D eigenvalue weighted by Crippen LogP contribution is -2.23. The Morgan fingerprint density at radius 2 is 1.74 bits per heavy atom. The highest BCUT2D eigenvalue weighted by atomic mass is 32.1. The largest absolute Gasteiger partial charge is 0.497 e. The van der Waals surface area contributed by atoms with Crippen LogP contribution in [0.5, 0.6) is 11.5 Å². The molecular formula is C33H31N5O3S. The van der Waals surface area contributed by atoms with E-state index in [9.17, 15) is 4.79 Å². The first-order valence-corrected chi connectivity index (χ1v) is 14.7. The third kappa shape index (κ3) is 5.56. The van der Waals surface area contributed by atoms with Crippen molar-refractivity contribution in [2.75, 3.05) is 13.7 Å². The Morgan fingerprint density at radius 3 is 2.43 bits per heavy atom. The summed E-state index contributed by atoms with van der Waals surface area (Å²) in [4.78, 5) is 18.6. The second-order valence-electron chi connectivity index (χ2n) is 10.5. The van der Waals surface area contributed by atoms with E-state index in [2.05, 4.69) is 30.0 Å². The molecule has 6 rings (SSSR count). The maximum Gasteiger partial charge on any atom is 0.291 e. The highest BCUT2D eigenvalue weighted by Gasteiger charge is 2.16. The van der Waals surface area contributed by atoms with E-state index in [1.165, 1.54) is 15.9 Å². The third-order valence-corrected chi connectivity index (χ3v) is 7.94. The number of hydrogen-bond acceptors (Lipinski definition) is 7. The van der Waals surface area contributed by atoms with Gasteiger partial charge in [-0.15, -0.1) is 5.10 Å². The van der Waals surface area contributed by atoms with E-state index in [0.717, 1.165) is 51.6 Å². The smallest absolute Gasteiger partial charge is 0.291 e. The van der Waals surface area contributed by atoms with Crippen molar-refractivity contribution in [3.8, 4) is 39.8 Å². The van der Waals surface area contributed by atoms with Crippen LogP contribution in [0.3, 0.4) is 0 Å². The average Bonchev–Trinajstić information content (AvgIpc) is 3.69. The van der Waals surface area contributed by atoms with Crippen LogP contribution in [0.1, 0.15) is 31.4 Å². The van der Waals surface area contributed by atoms with Crippen LogP contribution in [0.15, 0.2) is 83.8 Å². The Kier molecular flexibility index (Phi) is 7.58. The molecule has 6 aromatic rings. The topological polar surface area (TPSA) is 83.5 Å². The second kappa shape index (κ2) is 11.6. The van der Waals surface area contributed by atoms with Crippen molar-refractivity contribution in [1.82, 2.24) is 24.4 Å². The summed E-state index contributed by atoms with van der Waals surface area (Å²) in [5.41, 5.74) is 5.10. The van der Waals surface area contributed by atoms with Gasteiger partial charge in [-0.05, 0) is 85.5 Å². The molecule has 212 valence electrons. The molecule has 3 heterocycles. The van der Waals surface area contributed by atoms with Crippen molar-refractivity contribution in [1.29, 1.82) is 0 Å². The van der Waals surface area contributed by atoms with Crippen molar-refractivity contribution >= 4 is 22.4 Å². The first kappa shape index (κ1) is 27.4. The van der Waals surface area contributed by atoms with Crippen LogP contribution in [0.4, 0.5) is 0 Å². The summed E-state index contributed by atoms with van der Waals surface area (Å²) in [6, 6.07) is 23.5. The Bertz CT molecular complexity index is 1960. The predicted molar refractivity (Wildman–Crippen MR) is 167 cm³/mol. The van der Waals surface area contributed by atoms with E-state index < -0.39 is 0 Å². The van der Waals surface area contributed by atoms with Gasteiger partial charge in [0, 0.05) is 22.9 Å². The summed E-state index contributed by atoms with van der Waals surface area (Å²) in [6.07, 6.45) is 4.83. The van der Waals surface area contributed by atoms with Crippen molar-refractivity contribution in [2.24, 2.45) is 5.92 Å². The number of methoxy groups -OCH3 is 1. The standard InChI is InChI=1S/C33H31N5O3S/c1-21(2)16-17-41-28-15-12-24(18-22(28)3)30-25(20-37(35-30)26-8-6-5-7-9-26)19-29-32(39)38-33(42-29)34-31(36-38)23-10-13-27(40-4)14-11-23/h5-15,18-21H,16-17H2,1-4H3.